The number of pyridine rings is 1. The molecule has 1 aromatic heterocycles. The molecule has 0 atom stereocenters. The van der Waals surface area contributed by atoms with Crippen LogP contribution >= 0.6 is 0 Å². The quantitative estimate of drug-likeness (QED) is 0.132. The number of hydrogen-bond donors (Lipinski definition) is 4. The second-order valence-corrected chi connectivity index (χ2v) is 14.4. The lowest BCUT2D eigenvalue weighted by atomic mass is 10.2. The Morgan fingerprint density at radius 1 is 0.492 bits per heavy atom. The topological polar surface area (TPSA) is 140 Å². The first-order valence-electron chi connectivity index (χ1n) is 20.4. The molecule has 61 heavy (non-hydrogen) atoms. The highest BCUT2D eigenvalue weighted by Gasteiger charge is 2.22. The smallest absolute Gasteiger partial charge is 0.322 e. The van der Waals surface area contributed by atoms with Gasteiger partial charge in [-0.15, -0.1) is 0 Å². The molecule has 13 nitrogen and oxygen atoms in total. The Morgan fingerprint density at radius 3 is 1.39 bits per heavy atom. The van der Waals surface area contributed by atoms with E-state index >= 15 is 0 Å². The minimum Gasteiger partial charge on any atom is -0.487 e. The van der Waals surface area contributed by atoms with E-state index in [0.29, 0.717) is 67.8 Å². The molecule has 6 amide bonds. The van der Waals surface area contributed by atoms with Gasteiger partial charge in [0.05, 0.1) is 24.5 Å². The number of fused-ring (bicyclic) bond motifs is 4. The summed E-state index contributed by atoms with van der Waals surface area (Å²) in [5, 5.41) is 12.0. The molecule has 6 aromatic rings. The van der Waals surface area contributed by atoms with Gasteiger partial charge in [-0.3, -0.25) is 9.88 Å². The van der Waals surface area contributed by atoms with Crippen LogP contribution < -0.4 is 30.7 Å². The van der Waals surface area contributed by atoms with Crippen LogP contribution in [0.5, 0.6) is 11.5 Å². The summed E-state index contributed by atoms with van der Waals surface area (Å²) >= 11 is 0. The second-order valence-electron chi connectivity index (χ2n) is 14.4. The first-order chi connectivity index (χ1) is 29.9. The number of carbonyl (C=O) groups excluding carboxylic acids is 3. The molecular formula is C48H50N8O5. The average molecular weight is 819 g/mol. The SMILES string of the molecule is O=C(NCCN1CCN(C(=O)Nc2ccccc2)Cc2ccccc2OCc2cccc(n2)COc2ccccc2CN(C(=O)Nc2ccccc2)CC1)Nc1ccccc1. The molecule has 4 N–H and O–H groups in total. The third kappa shape index (κ3) is 12.8. The molecule has 312 valence electrons. The van der Waals surface area contributed by atoms with Crippen LogP contribution in [-0.4, -0.2) is 77.0 Å². The van der Waals surface area contributed by atoms with Gasteiger partial charge < -0.3 is 40.5 Å². The highest BCUT2D eigenvalue weighted by molar-refractivity contribution is 5.90. The number of para-hydroxylation sites is 5. The van der Waals surface area contributed by atoms with Crippen molar-refractivity contribution >= 4 is 35.2 Å². The van der Waals surface area contributed by atoms with Crippen LogP contribution in [0.1, 0.15) is 22.5 Å². The maximum absolute atomic E-state index is 14.1. The van der Waals surface area contributed by atoms with Gasteiger partial charge in [0.2, 0.25) is 0 Å². The van der Waals surface area contributed by atoms with Gasteiger partial charge in [-0.05, 0) is 60.7 Å². The predicted molar refractivity (Wildman–Crippen MR) is 237 cm³/mol. The van der Waals surface area contributed by atoms with E-state index in [0.717, 1.165) is 22.5 Å². The Labute approximate surface area is 356 Å². The molecule has 7 rings (SSSR count). The Bertz CT molecular complexity index is 2200. The van der Waals surface area contributed by atoms with Crippen molar-refractivity contribution in [2.45, 2.75) is 26.3 Å². The summed E-state index contributed by atoms with van der Waals surface area (Å²) < 4.78 is 12.7. The highest BCUT2D eigenvalue weighted by atomic mass is 16.5. The van der Waals surface area contributed by atoms with Crippen LogP contribution in [0.25, 0.3) is 0 Å². The largest absolute Gasteiger partial charge is 0.487 e. The summed E-state index contributed by atoms with van der Waals surface area (Å²) in [6.07, 6.45) is 0. The maximum Gasteiger partial charge on any atom is 0.322 e. The number of nitrogens with one attached hydrogen (secondary N) is 4. The molecule has 2 heterocycles. The summed E-state index contributed by atoms with van der Waals surface area (Å²) in [4.78, 5) is 51.6. The molecule has 2 bridgehead atoms. The second kappa shape index (κ2) is 21.6. The fourth-order valence-electron chi connectivity index (χ4n) is 6.79. The minimum absolute atomic E-state index is 0.210. The van der Waals surface area contributed by atoms with Crippen LogP contribution in [-0.2, 0) is 26.3 Å². The van der Waals surface area contributed by atoms with E-state index in [1.807, 2.05) is 158 Å². The summed E-state index contributed by atoms with van der Waals surface area (Å²) in [5.74, 6) is 1.27. The van der Waals surface area contributed by atoms with Gasteiger partial charge in [-0.25, -0.2) is 14.4 Å². The van der Waals surface area contributed by atoms with E-state index < -0.39 is 0 Å². The van der Waals surface area contributed by atoms with Gasteiger partial charge in [0, 0.05) is 67.5 Å². The lowest BCUT2D eigenvalue weighted by Gasteiger charge is -2.31. The van der Waals surface area contributed by atoms with Gasteiger partial charge >= 0.3 is 18.1 Å². The Hall–Kier alpha value is -7.38. The number of aromatic nitrogens is 1. The number of carbonyl (C=O) groups is 3. The Morgan fingerprint density at radius 2 is 0.918 bits per heavy atom. The van der Waals surface area contributed by atoms with Crippen LogP contribution in [0.4, 0.5) is 31.4 Å². The zero-order chi connectivity index (χ0) is 42.1. The fraction of sp³-hybridized carbons (Fsp3) is 0.208. The third-order valence-electron chi connectivity index (χ3n) is 10.0. The van der Waals surface area contributed by atoms with Gasteiger partial charge in [0.25, 0.3) is 0 Å². The molecule has 0 saturated heterocycles. The number of hydrogen-bond acceptors (Lipinski definition) is 7. The van der Waals surface area contributed by atoms with E-state index in [4.69, 9.17) is 14.5 Å². The van der Waals surface area contributed by atoms with Crippen molar-refractivity contribution < 1.29 is 23.9 Å². The van der Waals surface area contributed by atoms with Gasteiger partial charge in [0.1, 0.15) is 24.7 Å². The van der Waals surface area contributed by atoms with E-state index in [1.54, 1.807) is 9.80 Å². The molecular weight excluding hydrogens is 769 g/mol. The van der Waals surface area contributed by atoms with Crippen molar-refractivity contribution in [3.63, 3.8) is 0 Å². The molecule has 0 aliphatic carbocycles. The number of anilines is 3. The number of amides is 6. The van der Waals surface area contributed by atoms with Crippen LogP contribution in [0.3, 0.4) is 0 Å². The van der Waals surface area contributed by atoms with Crippen molar-refractivity contribution in [2.75, 3.05) is 55.2 Å². The number of benzene rings is 5. The maximum atomic E-state index is 14.1. The Balaban J connectivity index is 1.19. The summed E-state index contributed by atoms with van der Waals surface area (Å²) in [6.45, 7) is 3.17. The highest BCUT2D eigenvalue weighted by Crippen LogP contribution is 2.24. The summed E-state index contributed by atoms with van der Waals surface area (Å²) in [5.41, 5.74) is 5.12. The lowest BCUT2D eigenvalue weighted by Crippen LogP contribution is -2.46. The molecule has 1 aliphatic heterocycles. The third-order valence-corrected chi connectivity index (χ3v) is 10.0. The van der Waals surface area contributed by atoms with Crippen molar-refractivity contribution in [3.8, 4) is 11.5 Å². The molecule has 0 unspecified atom stereocenters. The monoisotopic (exact) mass is 818 g/mol. The molecule has 0 spiro atoms. The lowest BCUT2D eigenvalue weighted by molar-refractivity contribution is 0.173. The summed E-state index contributed by atoms with van der Waals surface area (Å²) in [7, 11) is 0. The average Bonchev–Trinajstić information content (AvgIpc) is 3.28. The van der Waals surface area contributed by atoms with Crippen molar-refractivity contribution in [1.82, 2.24) is 25.0 Å². The zero-order valence-electron chi connectivity index (χ0n) is 33.9. The van der Waals surface area contributed by atoms with Crippen LogP contribution in [0, 0.1) is 0 Å². The number of nitrogens with zero attached hydrogens (tertiary/aromatic N) is 4. The van der Waals surface area contributed by atoms with Crippen LogP contribution in [0.2, 0.25) is 0 Å². The normalized spacial score (nSPS) is 13.8. The predicted octanol–water partition coefficient (Wildman–Crippen LogP) is 8.45. The van der Waals surface area contributed by atoms with Crippen molar-refractivity contribution in [1.29, 1.82) is 0 Å². The minimum atomic E-state index is -0.332. The number of rotatable bonds is 6. The van der Waals surface area contributed by atoms with E-state index in [-0.39, 0.29) is 44.4 Å². The molecule has 0 saturated carbocycles. The van der Waals surface area contributed by atoms with Gasteiger partial charge in [0.15, 0.2) is 0 Å². The number of urea groups is 3. The molecule has 0 fully saturated rings. The molecule has 5 aromatic carbocycles. The van der Waals surface area contributed by atoms with Crippen molar-refractivity contribution in [2.24, 2.45) is 0 Å². The fourth-order valence-corrected chi connectivity index (χ4v) is 6.79. The standard InChI is InChI=1S/C48H50N8O5/c57-46(51-39-17-4-1-5-18-39)49-27-28-54-29-31-55(47(58)52-40-19-6-2-7-20-40)33-37-15-10-12-25-44(37)60-35-42-23-14-24-43(50-42)36-61-45-26-13-11-16-38(45)34-56(32-30-54)48(59)53-41-21-8-3-9-22-41/h1-26H,27-36H2,(H,52,58)(H,53,59)(H2,49,51,57). The first-order valence-corrected chi connectivity index (χ1v) is 20.4. The van der Waals surface area contributed by atoms with Crippen LogP contribution in [0.15, 0.2) is 158 Å². The number of ether oxygens (including phenoxy) is 2. The molecule has 0 radical (unpaired) electrons. The summed E-state index contributed by atoms with van der Waals surface area (Å²) in [6, 6.07) is 48.1. The van der Waals surface area contributed by atoms with Gasteiger partial charge in [-0.1, -0.05) is 97.1 Å². The van der Waals surface area contributed by atoms with E-state index in [9.17, 15) is 14.4 Å². The molecule has 13 heteroatoms. The van der Waals surface area contributed by atoms with E-state index in [1.165, 1.54) is 0 Å². The Kier molecular flexibility index (Phi) is 14.8. The molecule has 1 aliphatic rings. The van der Waals surface area contributed by atoms with Crippen molar-refractivity contribution in [3.05, 3.63) is 180 Å². The van der Waals surface area contributed by atoms with E-state index in [2.05, 4.69) is 26.2 Å². The first kappa shape index (κ1) is 41.8. The zero-order valence-corrected chi connectivity index (χ0v) is 33.9. The van der Waals surface area contributed by atoms with Gasteiger partial charge in [-0.2, -0.15) is 0 Å².